The van der Waals surface area contributed by atoms with Gasteiger partial charge >= 0.3 is 0 Å². The molecule has 0 aliphatic heterocycles. The summed E-state index contributed by atoms with van der Waals surface area (Å²) in [6, 6.07) is 14.8. The van der Waals surface area contributed by atoms with E-state index in [0.29, 0.717) is 49.9 Å². The van der Waals surface area contributed by atoms with E-state index < -0.39 is 0 Å². The molecule has 2 aromatic carbocycles. The lowest BCUT2D eigenvalue weighted by molar-refractivity contribution is -0.133. The Bertz CT molecular complexity index is 1100. The maximum Gasteiger partial charge on any atom is 0.254 e. The highest BCUT2D eigenvalue weighted by atomic mass is 35.5. The van der Waals surface area contributed by atoms with Crippen LogP contribution in [0.5, 0.6) is 0 Å². The number of halogens is 2. The fourth-order valence-electron chi connectivity index (χ4n) is 3.57. The van der Waals surface area contributed by atoms with Crippen LogP contribution in [-0.4, -0.2) is 47.9 Å². The number of benzene rings is 2. The largest absolute Gasteiger partial charge is 0.382 e. The van der Waals surface area contributed by atoms with Crippen LogP contribution in [0.25, 0.3) is 0 Å². The molecule has 0 bridgehead atoms. The quantitative estimate of drug-likeness (QED) is 0.280. The van der Waals surface area contributed by atoms with Gasteiger partial charge in [0.25, 0.3) is 5.91 Å². The van der Waals surface area contributed by atoms with Gasteiger partial charge in [0, 0.05) is 41.8 Å². The molecule has 0 saturated carbocycles. The van der Waals surface area contributed by atoms with Crippen LogP contribution in [0.15, 0.2) is 60.0 Å². The Labute approximate surface area is 215 Å². The van der Waals surface area contributed by atoms with Crippen molar-refractivity contribution in [1.82, 2.24) is 9.80 Å². The number of amides is 2. The van der Waals surface area contributed by atoms with Gasteiger partial charge in [-0.15, -0.1) is 11.3 Å². The molecule has 0 saturated heterocycles. The normalized spacial score (nSPS) is 10.9. The first-order valence-electron chi connectivity index (χ1n) is 11.5. The van der Waals surface area contributed by atoms with Crippen molar-refractivity contribution in [2.24, 2.45) is 0 Å². The molecule has 0 aliphatic rings. The van der Waals surface area contributed by atoms with Crippen molar-refractivity contribution >= 4 is 34.8 Å². The molecule has 0 aliphatic carbocycles. The van der Waals surface area contributed by atoms with Gasteiger partial charge in [0.1, 0.15) is 12.4 Å². The zero-order chi connectivity index (χ0) is 25.2. The lowest BCUT2D eigenvalue weighted by Crippen LogP contribution is -2.43. The monoisotopic (exact) mass is 516 g/mol. The first-order valence-corrected chi connectivity index (χ1v) is 12.8. The molecule has 35 heavy (non-hydrogen) atoms. The van der Waals surface area contributed by atoms with E-state index in [1.165, 1.54) is 12.1 Å². The topological polar surface area (TPSA) is 49.9 Å². The van der Waals surface area contributed by atoms with Crippen LogP contribution in [0.4, 0.5) is 4.39 Å². The number of hydrogen-bond acceptors (Lipinski definition) is 4. The van der Waals surface area contributed by atoms with Gasteiger partial charge in [-0.05, 0) is 79.2 Å². The molecule has 0 radical (unpaired) electrons. The van der Waals surface area contributed by atoms with Gasteiger partial charge < -0.3 is 14.5 Å². The summed E-state index contributed by atoms with van der Waals surface area (Å²) in [5, 5.41) is 2.53. The zero-order valence-corrected chi connectivity index (χ0v) is 21.6. The Kier molecular flexibility index (Phi) is 10.3. The van der Waals surface area contributed by atoms with E-state index in [2.05, 4.69) is 0 Å². The van der Waals surface area contributed by atoms with Gasteiger partial charge in [-0.3, -0.25) is 9.59 Å². The summed E-state index contributed by atoms with van der Waals surface area (Å²) in [5.41, 5.74) is 2.40. The number of nitrogens with zero attached hydrogens (tertiary/aromatic N) is 2. The van der Waals surface area contributed by atoms with Crippen molar-refractivity contribution in [2.75, 3.05) is 26.3 Å². The molecule has 186 valence electrons. The van der Waals surface area contributed by atoms with E-state index in [9.17, 15) is 14.0 Å². The van der Waals surface area contributed by atoms with Crippen LogP contribution in [0.2, 0.25) is 5.02 Å². The third kappa shape index (κ3) is 8.16. The molecule has 2 amide bonds. The molecular weight excluding hydrogens is 487 g/mol. The van der Waals surface area contributed by atoms with E-state index in [0.717, 1.165) is 16.0 Å². The molecule has 0 spiro atoms. The van der Waals surface area contributed by atoms with Gasteiger partial charge in [0.2, 0.25) is 5.91 Å². The number of hydrogen-bond donors (Lipinski definition) is 0. The summed E-state index contributed by atoms with van der Waals surface area (Å²) in [6.07, 6.45) is 0.614. The highest BCUT2D eigenvalue weighted by Crippen LogP contribution is 2.20. The van der Waals surface area contributed by atoms with Crippen molar-refractivity contribution in [3.8, 4) is 0 Å². The van der Waals surface area contributed by atoms with E-state index in [1.807, 2.05) is 25.3 Å². The number of aryl methyl sites for hydroxylation is 1. The number of carbonyl (C=O) groups is 2. The van der Waals surface area contributed by atoms with Gasteiger partial charge in [-0.2, -0.15) is 0 Å². The van der Waals surface area contributed by atoms with E-state index >= 15 is 0 Å². The predicted octanol–water partition coefficient (Wildman–Crippen LogP) is 5.95. The van der Waals surface area contributed by atoms with Crippen LogP contribution in [0, 0.1) is 12.7 Å². The maximum absolute atomic E-state index is 13.6. The van der Waals surface area contributed by atoms with Crippen molar-refractivity contribution in [2.45, 2.75) is 33.4 Å². The number of rotatable bonds is 12. The van der Waals surface area contributed by atoms with Crippen molar-refractivity contribution in [1.29, 1.82) is 0 Å². The van der Waals surface area contributed by atoms with Crippen molar-refractivity contribution in [3.05, 3.63) is 92.4 Å². The summed E-state index contributed by atoms with van der Waals surface area (Å²) < 4.78 is 18.8. The number of thiophene rings is 1. The summed E-state index contributed by atoms with van der Waals surface area (Å²) in [6.45, 7) is 6.07. The van der Waals surface area contributed by atoms with Gasteiger partial charge in [-0.1, -0.05) is 23.7 Å². The Morgan fingerprint density at radius 3 is 2.34 bits per heavy atom. The maximum atomic E-state index is 13.6. The minimum atomic E-state index is -0.324. The van der Waals surface area contributed by atoms with E-state index in [1.54, 1.807) is 57.5 Å². The molecule has 5 nitrogen and oxygen atoms in total. The lowest BCUT2D eigenvalue weighted by Gasteiger charge is -2.28. The molecule has 1 heterocycles. The summed E-state index contributed by atoms with van der Waals surface area (Å²) in [5.74, 6) is -0.740. The van der Waals surface area contributed by atoms with Gasteiger partial charge in [-0.25, -0.2) is 4.39 Å². The average molecular weight is 517 g/mol. The highest BCUT2D eigenvalue weighted by Gasteiger charge is 2.23. The Morgan fingerprint density at radius 2 is 1.71 bits per heavy atom. The third-order valence-corrected chi connectivity index (χ3v) is 6.83. The van der Waals surface area contributed by atoms with Crippen LogP contribution in [0.1, 0.15) is 39.7 Å². The smallest absolute Gasteiger partial charge is 0.254 e. The Balaban J connectivity index is 1.80. The van der Waals surface area contributed by atoms with E-state index in [4.69, 9.17) is 16.3 Å². The fraction of sp³-hybridized carbons (Fsp3) is 0.333. The molecule has 3 aromatic rings. The minimum absolute atomic E-state index is 0.0702. The molecule has 0 N–H and O–H groups in total. The third-order valence-electron chi connectivity index (χ3n) is 5.57. The minimum Gasteiger partial charge on any atom is -0.382 e. The second kappa shape index (κ2) is 13.4. The molecular formula is C27H30ClFN2O3S. The average Bonchev–Trinajstić information content (AvgIpc) is 3.26. The second-order valence-electron chi connectivity index (χ2n) is 8.19. The molecule has 0 atom stereocenters. The first-order chi connectivity index (χ1) is 16.9. The molecule has 1 aromatic heterocycles. The Hall–Kier alpha value is -2.74. The zero-order valence-electron chi connectivity index (χ0n) is 20.0. The summed E-state index contributed by atoms with van der Waals surface area (Å²) in [7, 11) is 0. The molecule has 8 heteroatoms. The predicted molar refractivity (Wildman–Crippen MR) is 138 cm³/mol. The summed E-state index contributed by atoms with van der Waals surface area (Å²) >= 11 is 7.57. The highest BCUT2D eigenvalue weighted by molar-refractivity contribution is 7.10. The number of carbonyl (C=O) groups excluding carboxylic acids is 2. The lowest BCUT2D eigenvalue weighted by atomic mass is 10.1. The second-order valence-corrected chi connectivity index (χ2v) is 9.62. The van der Waals surface area contributed by atoms with Gasteiger partial charge in [0.05, 0.1) is 6.54 Å². The standard InChI is InChI=1S/C27H30ClFN2O3S/c1-3-34-15-4-14-30(27(33)22-7-9-23(28)10-8-22)19-26(32)31(18-25-20(2)13-16-35-25)17-21-5-11-24(29)12-6-21/h5-13,16H,3-4,14-15,17-19H2,1-2H3. The SMILES string of the molecule is CCOCCCN(CC(=O)N(Cc1ccc(F)cc1)Cc1sccc1C)C(=O)c1ccc(Cl)cc1. The summed E-state index contributed by atoms with van der Waals surface area (Å²) in [4.78, 5) is 31.2. The van der Waals surface area contributed by atoms with Crippen LogP contribution in [-0.2, 0) is 22.6 Å². The van der Waals surface area contributed by atoms with Crippen molar-refractivity contribution in [3.63, 3.8) is 0 Å². The molecule has 3 rings (SSSR count). The van der Waals surface area contributed by atoms with Gasteiger partial charge in [0.15, 0.2) is 0 Å². The molecule has 0 fully saturated rings. The van der Waals surface area contributed by atoms with E-state index in [-0.39, 0.29) is 24.2 Å². The number of ether oxygens (including phenoxy) is 1. The van der Waals surface area contributed by atoms with Crippen LogP contribution in [0.3, 0.4) is 0 Å². The molecule has 0 unspecified atom stereocenters. The van der Waals surface area contributed by atoms with Crippen LogP contribution < -0.4 is 0 Å². The fourth-order valence-corrected chi connectivity index (χ4v) is 4.62. The van der Waals surface area contributed by atoms with Crippen LogP contribution >= 0.6 is 22.9 Å². The first kappa shape index (κ1) is 26.9. The van der Waals surface area contributed by atoms with Crippen molar-refractivity contribution < 1.29 is 18.7 Å². The Morgan fingerprint density at radius 1 is 1.00 bits per heavy atom.